The van der Waals surface area contributed by atoms with E-state index >= 15 is 0 Å². The van der Waals surface area contributed by atoms with Gasteiger partial charge in [-0.3, -0.25) is 14.6 Å². The lowest BCUT2D eigenvalue weighted by atomic mass is 9.86. The Morgan fingerprint density at radius 3 is 2.07 bits per heavy atom. The lowest BCUT2D eigenvalue weighted by Gasteiger charge is -2.44. The van der Waals surface area contributed by atoms with Crippen molar-refractivity contribution in [1.82, 2.24) is 4.90 Å². The number of ketones is 1. The van der Waals surface area contributed by atoms with Crippen LogP contribution in [0.15, 0.2) is 36.4 Å². The smallest absolute Gasteiger partial charge is 0.416 e. The average Bonchev–Trinajstić information content (AvgIpc) is 3.74. The number of carbonyl (C=O) groups excluding carboxylic acids is 3. The minimum Gasteiger partial charge on any atom is -0.453 e. The fraction of sp³-hybridized carbons (Fsp3) is 0.464. The standard InChI is InChI=1S/C28H28F6N2O5/c1-4-41-26(39)36-22-8-7-18(15(2)37)11-21(22)24(13-23(36)17-5-6-17)35(25(38)40-3)14-16-9-19(27(29,30)31)12-20(10-16)28(32,33)34/h7-12,17,23-24H,4-6,13-14H2,1-3H3. The topological polar surface area (TPSA) is 76.2 Å². The molecule has 0 radical (unpaired) electrons. The summed E-state index contributed by atoms with van der Waals surface area (Å²) in [5.74, 6) is -0.289. The number of hydrogen-bond acceptors (Lipinski definition) is 5. The molecule has 0 bridgehead atoms. The van der Waals surface area contributed by atoms with Crippen LogP contribution in [0.3, 0.4) is 0 Å². The van der Waals surface area contributed by atoms with Gasteiger partial charge in [0.15, 0.2) is 5.78 Å². The zero-order chi connectivity index (χ0) is 30.3. The van der Waals surface area contributed by atoms with Gasteiger partial charge in [-0.05, 0) is 86.6 Å². The molecule has 222 valence electrons. The molecule has 13 heteroatoms. The summed E-state index contributed by atoms with van der Waals surface area (Å²) in [4.78, 5) is 40.9. The van der Waals surface area contributed by atoms with E-state index in [1.807, 2.05) is 0 Å². The summed E-state index contributed by atoms with van der Waals surface area (Å²) in [7, 11) is 1.04. The molecule has 2 aromatic carbocycles. The molecular weight excluding hydrogens is 558 g/mol. The van der Waals surface area contributed by atoms with Gasteiger partial charge in [-0.25, -0.2) is 9.59 Å². The number of ether oxygens (including phenoxy) is 2. The Kier molecular flexibility index (Phi) is 8.28. The van der Waals surface area contributed by atoms with E-state index in [0.29, 0.717) is 23.4 Å². The molecule has 1 fully saturated rings. The number of amides is 2. The van der Waals surface area contributed by atoms with Crippen molar-refractivity contribution in [3.63, 3.8) is 0 Å². The van der Waals surface area contributed by atoms with Crippen LogP contribution < -0.4 is 4.90 Å². The molecule has 2 atom stereocenters. The third-order valence-corrected chi connectivity index (χ3v) is 7.27. The first-order valence-corrected chi connectivity index (χ1v) is 12.9. The molecule has 2 unspecified atom stereocenters. The molecule has 1 aliphatic heterocycles. The number of methoxy groups -OCH3 is 1. The predicted octanol–water partition coefficient (Wildman–Crippen LogP) is 7.38. The number of anilines is 1. The first kappa shape index (κ1) is 30.2. The van der Waals surface area contributed by atoms with Crippen LogP contribution in [0, 0.1) is 5.92 Å². The maximum atomic E-state index is 13.5. The summed E-state index contributed by atoms with van der Waals surface area (Å²) in [6.45, 7) is 2.38. The molecule has 1 saturated carbocycles. The van der Waals surface area contributed by atoms with Gasteiger partial charge in [0.1, 0.15) is 0 Å². The van der Waals surface area contributed by atoms with Gasteiger partial charge < -0.3 is 9.47 Å². The van der Waals surface area contributed by atoms with Crippen LogP contribution in [0.25, 0.3) is 0 Å². The van der Waals surface area contributed by atoms with Crippen LogP contribution in [-0.2, 0) is 28.4 Å². The minimum absolute atomic E-state index is 0.0153. The Bertz CT molecular complexity index is 1310. The quantitative estimate of drug-likeness (QED) is 0.261. The van der Waals surface area contributed by atoms with E-state index in [-0.39, 0.29) is 36.4 Å². The maximum absolute atomic E-state index is 13.5. The Morgan fingerprint density at radius 1 is 0.976 bits per heavy atom. The van der Waals surface area contributed by atoms with E-state index in [9.17, 15) is 40.7 Å². The SMILES string of the molecule is CCOC(=O)N1c2ccc(C(C)=O)cc2C(N(Cc2cc(C(F)(F)F)cc(C(F)(F)F)c2)C(=O)OC)CC1C1CC1. The number of benzene rings is 2. The van der Waals surface area contributed by atoms with Crippen LogP contribution in [0.1, 0.15) is 71.8 Å². The van der Waals surface area contributed by atoms with Gasteiger partial charge in [0.2, 0.25) is 0 Å². The van der Waals surface area contributed by atoms with E-state index in [4.69, 9.17) is 9.47 Å². The van der Waals surface area contributed by atoms with Crippen LogP contribution in [0.4, 0.5) is 41.6 Å². The fourth-order valence-electron chi connectivity index (χ4n) is 5.23. The molecule has 7 nitrogen and oxygen atoms in total. The van der Waals surface area contributed by atoms with Crippen LogP contribution in [0.2, 0.25) is 0 Å². The summed E-state index contributed by atoms with van der Waals surface area (Å²) in [6.07, 6.45) is -10.1. The van der Waals surface area contributed by atoms with E-state index < -0.39 is 59.9 Å². The van der Waals surface area contributed by atoms with Crippen molar-refractivity contribution in [3.8, 4) is 0 Å². The molecule has 1 aliphatic carbocycles. The van der Waals surface area contributed by atoms with Crippen LogP contribution in [-0.4, -0.2) is 42.6 Å². The highest BCUT2D eigenvalue weighted by molar-refractivity contribution is 5.96. The molecule has 1 heterocycles. The van der Waals surface area contributed by atoms with E-state index in [1.165, 1.54) is 30.0 Å². The molecule has 0 N–H and O–H groups in total. The van der Waals surface area contributed by atoms with Gasteiger partial charge in [0.25, 0.3) is 0 Å². The predicted molar refractivity (Wildman–Crippen MR) is 134 cm³/mol. The molecule has 41 heavy (non-hydrogen) atoms. The molecule has 4 rings (SSSR count). The van der Waals surface area contributed by atoms with Gasteiger partial charge in [-0.15, -0.1) is 0 Å². The molecule has 2 aromatic rings. The third kappa shape index (κ3) is 6.43. The number of carbonyl (C=O) groups is 3. The minimum atomic E-state index is -5.07. The monoisotopic (exact) mass is 586 g/mol. The van der Waals surface area contributed by atoms with Crippen LogP contribution >= 0.6 is 0 Å². The second kappa shape index (κ2) is 11.2. The lowest BCUT2D eigenvalue weighted by Crippen LogP contribution is -2.50. The van der Waals surface area contributed by atoms with Crippen molar-refractivity contribution in [2.75, 3.05) is 18.6 Å². The summed E-state index contributed by atoms with van der Waals surface area (Å²) in [5, 5.41) is 0. The molecule has 0 aromatic heterocycles. The van der Waals surface area contributed by atoms with Crippen molar-refractivity contribution >= 4 is 23.7 Å². The summed E-state index contributed by atoms with van der Waals surface area (Å²) in [6, 6.07) is 4.22. The molecular formula is C28H28F6N2O5. The van der Waals surface area contributed by atoms with E-state index in [0.717, 1.165) is 24.9 Å². The number of alkyl halides is 6. The summed E-state index contributed by atoms with van der Waals surface area (Å²) >= 11 is 0. The maximum Gasteiger partial charge on any atom is 0.416 e. The molecule has 2 aliphatic rings. The Balaban J connectivity index is 1.87. The molecule has 0 spiro atoms. The van der Waals surface area contributed by atoms with Crippen molar-refractivity contribution < 1.29 is 50.2 Å². The normalized spacial score (nSPS) is 18.9. The number of halogens is 6. The van der Waals surface area contributed by atoms with E-state index in [1.54, 1.807) is 6.92 Å². The van der Waals surface area contributed by atoms with Crippen molar-refractivity contribution in [1.29, 1.82) is 0 Å². The fourth-order valence-corrected chi connectivity index (χ4v) is 5.23. The number of Topliss-reactive ketones (excluding diaryl/α,β-unsaturated/α-hetero) is 1. The van der Waals surface area contributed by atoms with Gasteiger partial charge in [0.05, 0.1) is 36.6 Å². The molecule has 2 amide bonds. The highest BCUT2D eigenvalue weighted by atomic mass is 19.4. The zero-order valence-corrected chi connectivity index (χ0v) is 22.4. The number of hydrogen-bond donors (Lipinski definition) is 0. The highest BCUT2D eigenvalue weighted by Gasteiger charge is 2.47. The first-order chi connectivity index (χ1) is 19.1. The average molecular weight is 587 g/mol. The Hall–Kier alpha value is -3.77. The number of fused-ring (bicyclic) bond motifs is 1. The summed E-state index contributed by atoms with van der Waals surface area (Å²) in [5.41, 5.74) is -2.56. The Morgan fingerprint density at radius 2 is 1.59 bits per heavy atom. The van der Waals surface area contributed by atoms with Gasteiger partial charge in [0, 0.05) is 18.2 Å². The largest absolute Gasteiger partial charge is 0.453 e. The number of nitrogens with zero attached hydrogens (tertiary/aromatic N) is 2. The van der Waals surface area contributed by atoms with Gasteiger partial charge in [-0.2, -0.15) is 26.3 Å². The van der Waals surface area contributed by atoms with Crippen LogP contribution in [0.5, 0.6) is 0 Å². The highest BCUT2D eigenvalue weighted by Crippen LogP contribution is 2.49. The Labute approximate surface area is 232 Å². The van der Waals surface area contributed by atoms with E-state index in [2.05, 4.69) is 0 Å². The summed E-state index contributed by atoms with van der Waals surface area (Å²) < 4.78 is 91.5. The second-order valence-corrected chi connectivity index (χ2v) is 10.1. The van der Waals surface area contributed by atoms with Gasteiger partial charge >= 0.3 is 24.5 Å². The third-order valence-electron chi connectivity index (χ3n) is 7.27. The zero-order valence-electron chi connectivity index (χ0n) is 22.4. The van der Waals surface area contributed by atoms with Crippen molar-refractivity contribution in [2.24, 2.45) is 5.92 Å². The number of rotatable bonds is 6. The van der Waals surface area contributed by atoms with Crippen molar-refractivity contribution in [3.05, 3.63) is 64.2 Å². The van der Waals surface area contributed by atoms with Crippen molar-refractivity contribution in [2.45, 2.75) is 64.1 Å². The second-order valence-electron chi connectivity index (χ2n) is 10.1. The molecule has 0 saturated heterocycles. The van der Waals surface area contributed by atoms with Gasteiger partial charge in [-0.1, -0.05) is 0 Å². The first-order valence-electron chi connectivity index (χ1n) is 12.9. The lowest BCUT2D eigenvalue weighted by molar-refractivity contribution is -0.143.